The van der Waals surface area contributed by atoms with Gasteiger partial charge in [0.2, 0.25) is 0 Å². The lowest BCUT2D eigenvalue weighted by molar-refractivity contribution is 0.603. The lowest BCUT2D eigenvalue weighted by Crippen LogP contribution is -1.95. The van der Waals surface area contributed by atoms with Crippen molar-refractivity contribution in [3.05, 3.63) is 59.7 Å². The quantitative estimate of drug-likeness (QED) is 0.873. The van der Waals surface area contributed by atoms with Crippen LogP contribution in [0.15, 0.2) is 42.5 Å². The van der Waals surface area contributed by atoms with Crippen LogP contribution >= 0.6 is 12.4 Å². The van der Waals surface area contributed by atoms with Crippen molar-refractivity contribution in [2.45, 2.75) is 6.54 Å². The van der Waals surface area contributed by atoms with Crippen LogP contribution in [0, 0.1) is 11.6 Å². The molecular weight excluding hydrogens is 244 g/mol. The summed E-state index contributed by atoms with van der Waals surface area (Å²) in [7, 11) is 0. The standard InChI is InChI=1S/C13H11F2N.ClH/c14-11-5-6-13(15)12(7-11)10-3-1-9(8-16)2-4-10;/h1-7H,8,16H2;1H. The third kappa shape index (κ3) is 3.02. The Hall–Kier alpha value is -1.45. The van der Waals surface area contributed by atoms with Crippen LogP contribution in [0.25, 0.3) is 11.1 Å². The predicted molar refractivity (Wildman–Crippen MR) is 66.9 cm³/mol. The van der Waals surface area contributed by atoms with Gasteiger partial charge in [-0.3, -0.25) is 0 Å². The van der Waals surface area contributed by atoms with Gasteiger partial charge in [-0.15, -0.1) is 12.4 Å². The van der Waals surface area contributed by atoms with Crippen LogP contribution < -0.4 is 5.73 Å². The van der Waals surface area contributed by atoms with E-state index in [9.17, 15) is 8.78 Å². The normalized spacial score (nSPS) is 9.82. The van der Waals surface area contributed by atoms with Crippen molar-refractivity contribution >= 4 is 12.4 Å². The van der Waals surface area contributed by atoms with E-state index >= 15 is 0 Å². The molecular formula is C13H12ClF2N. The Labute approximate surface area is 105 Å². The molecule has 2 aromatic carbocycles. The molecule has 0 aliphatic rings. The summed E-state index contributed by atoms with van der Waals surface area (Å²) in [6, 6.07) is 10.5. The molecule has 1 nitrogen and oxygen atoms in total. The summed E-state index contributed by atoms with van der Waals surface area (Å²) in [5.41, 5.74) is 7.33. The molecule has 0 unspecified atom stereocenters. The van der Waals surface area contributed by atoms with Crippen LogP contribution in [0.5, 0.6) is 0 Å². The molecule has 0 aromatic heterocycles. The van der Waals surface area contributed by atoms with Gasteiger partial charge >= 0.3 is 0 Å². The van der Waals surface area contributed by atoms with E-state index in [4.69, 9.17) is 5.73 Å². The number of nitrogens with two attached hydrogens (primary N) is 1. The first-order valence-corrected chi connectivity index (χ1v) is 4.95. The van der Waals surface area contributed by atoms with E-state index in [1.165, 1.54) is 6.07 Å². The monoisotopic (exact) mass is 255 g/mol. The fourth-order valence-corrected chi connectivity index (χ4v) is 1.54. The third-order valence-electron chi connectivity index (χ3n) is 2.43. The molecule has 0 fully saturated rings. The molecule has 0 aliphatic heterocycles. The van der Waals surface area contributed by atoms with E-state index in [0.717, 1.165) is 17.7 Å². The number of halogens is 3. The van der Waals surface area contributed by atoms with Crippen molar-refractivity contribution in [1.82, 2.24) is 0 Å². The number of hydrogen-bond donors (Lipinski definition) is 1. The largest absolute Gasteiger partial charge is 0.326 e. The van der Waals surface area contributed by atoms with Gasteiger partial charge in [0, 0.05) is 12.1 Å². The molecule has 0 bridgehead atoms. The average Bonchev–Trinajstić information content (AvgIpc) is 2.32. The van der Waals surface area contributed by atoms with E-state index in [1.807, 2.05) is 0 Å². The topological polar surface area (TPSA) is 26.0 Å². The predicted octanol–water partition coefficient (Wildman–Crippen LogP) is 3.51. The molecule has 0 spiro atoms. The molecule has 0 saturated carbocycles. The highest BCUT2D eigenvalue weighted by Gasteiger charge is 2.06. The van der Waals surface area contributed by atoms with Crippen LogP contribution in [0.1, 0.15) is 5.56 Å². The highest BCUT2D eigenvalue weighted by Crippen LogP contribution is 2.23. The first-order chi connectivity index (χ1) is 7.70. The molecule has 0 heterocycles. The number of hydrogen-bond acceptors (Lipinski definition) is 1. The van der Waals surface area contributed by atoms with Crippen LogP contribution in [0.2, 0.25) is 0 Å². The van der Waals surface area contributed by atoms with Gasteiger partial charge in [-0.25, -0.2) is 8.78 Å². The maximum Gasteiger partial charge on any atom is 0.131 e. The minimum atomic E-state index is -0.445. The third-order valence-corrected chi connectivity index (χ3v) is 2.43. The Bertz CT molecular complexity index is 497. The summed E-state index contributed by atoms with van der Waals surface area (Å²) in [4.78, 5) is 0. The van der Waals surface area contributed by atoms with Gasteiger partial charge in [-0.1, -0.05) is 24.3 Å². The maximum atomic E-state index is 13.4. The second-order valence-corrected chi connectivity index (χ2v) is 3.53. The maximum absolute atomic E-state index is 13.4. The molecule has 2 rings (SSSR count). The molecule has 17 heavy (non-hydrogen) atoms. The Kier molecular flexibility index (Phi) is 4.61. The second kappa shape index (κ2) is 5.75. The van der Waals surface area contributed by atoms with Crippen molar-refractivity contribution in [2.75, 3.05) is 0 Å². The Morgan fingerprint density at radius 2 is 1.59 bits per heavy atom. The fraction of sp³-hybridized carbons (Fsp3) is 0.0769. The van der Waals surface area contributed by atoms with Crippen molar-refractivity contribution in [3.8, 4) is 11.1 Å². The smallest absolute Gasteiger partial charge is 0.131 e. The van der Waals surface area contributed by atoms with E-state index < -0.39 is 11.6 Å². The Balaban J connectivity index is 0.00000144. The summed E-state index contributed by atoms with van der Waals surface area (Å²) < 4.78 is 26.4. The molecule has 4 heteroatoms. The van der Waals surface area contributed by atoms with Gasteiger partial charge in [-0.05, 0) is 29.3 Å². The molecule has 90 valence electrons. The van der Waals surface area contributed by atoms with Gasteiger partial charge in [0.15, 0.2) is 0 Å². The van der Waals surface area contributed by atoms with Crippen molar-refractivity contribution < 1.29 is 8.78 Å². The zero-order valence-corrected chi connectivity index (χ0v) is 9.81. The summed E-state index contributed by atoms with van der Waals surface area (Å²) in [5.74, 6) is -0.874. The lowest BCUT2D eigenvalue weighted by Gasteiger charge is -2.04. The molecule has 0 amide bonds. The number of benzene rings is 2. The Morgan fingerprint density at radius 3 is 2.18 bits per heavy atom. The average molecular weight is 256 g/mol. The van der Waals surface area contributed by atoms with E-state index in [1.54, 1.807) is 24.3 Å². The van der Waals surface area contributed by atoms with Crippen molar-refractivity contribution in [2.24, 2.45) is 5.73 Å². The first-order valence-electron chi connectivity index (χ1n) is 4.95. The first kappa shape index (κ1) is 13.6. The fourth-order valence-electron chi connectivity index (χ4n) is 1.54. The highest BCUT2D eigenvalue weighted by atomic mass is 35.5. The van der Waals surface area contributed by atoms with Gasteiger partial charge in [-0.2, -0.15) is 0 Å². The van der Waals surface area contributed by atoms with Gasteiger partial charge in [0.1, 0.15) is 11.6 Å². The minimum absolute atomic E-state index is 0. The molecule has 0 saturated heterocycles. The molecule has 2 N–H and O–H groups in total. The van der Waals surface area contributed by atoms with Crippen LogP contribution in [0.3, 0.4) is 0 Å². The van der Waals surface area contributed by atoms with Gasteiger partial charge in [0.05, 0.1) is 0 Å². The van der Waals surface area contributed by atoms with E-state index in [2.05, 4.69) is 0 Å². The second-order valence-electron chi connectivity index (χ2n) is 3.53. The van der Waals surface area contributed by atoms with E-state index in [0.29, 0.717) is 12.1 Å². The van der Waals surface area contributed by atoms with Crippen LogP contribution in [-0.4, -0.2) is 0 Å². The van der Waals surface area contributed by atoms with Crippen LogP contribution in [0.4, 0.5) is 8.78 Å². The SMILES string of the molecule is Cl.NCc1ccc(-c2cc(F)ccc2F)cc1. The van der Waals surface area contributed by atoms with Crippen molar-refractivity contribution in [1.29, 1.82) is 0 Å². The zero-order valence-electron chi connectivity index (χ0n) is 8.99. The van der Waals surface area contributed by atoms with Crippen molar-refractivity contribution in [3.63, 3.8) is 0 Å². The minimum Gasteiger partial charge on any atom is -0.326 e. The van der Waals surface area contributed by atoms with Gasteiger partial charge in [0.25, 0.3) is 0 Å². The van der Waals surface area contributed by atoms with Crippen LogP contribution in [-0.2, 0) is 6.54 Å². The summed E-state index contributed by atoms with van der Waals surface area (Å²) in [5, 5.41) is 0. The molecule has 0 aliphatic carbocycles. The zero-order chi connectivity index (χ0) is 11.5. The highest BCUT2D eigenvalue weighted by molar-refractivity contribution is 5.85. The Morgan fingerprint density at radius 1 is 0.941 bits per heavy atom. The summed E-state index contributed by atoms with van der Waals surface area (Å²) in [6.07, 6.45) is 0. The summed E-state index contributed by atoms with van der Waals surface area (Å²) >= 11 is 0. The van der Waals surface area contributed by atoms with Gasteiger partial charge < -0.3 is 5.73 Å². The lowest BCUT2D eigenvalue weighted by atomic mass is 10.0. The summed E-state index contributed by atoms with van der Waals surface area (Å²) in [6.45, 7) is 0.436. The molecule has 2 aromatic rings. The molecule has 0 radical (unpaired) electrons. The molecule has 0 atom stereocenters. The number of rotatable bonds is 2. The van der Waals surface area contributed by atoms with E-state index in [-0.39, 0.29) is 18.0 Å².